The van der Waals surface area contributed by atoms with Gasteiger partial charge in [-0.25, -0.2) is 0 Å². The third-order valence-corrected chi connectivity index (χ3v) is 13.7. The van der Waals surface area contributed by atoms with E-state index in [1.165, 1.54) is 60.7 Å². The van der Waals surface area contributed by atoms with Gasteiger partial charge in [0.2, 0.25) is 40.2 Å². The van der Waals surface area contributed by atoms with E-state index in [2.05, 4.69) is 0 Å². The summed E-state index contributed by atoms with van der Waals surface area (Å²) in [5.74, 6) is -38.6. The quantitative estimate of drug-likeness (QED) is 0.0587. The van der Waals surface area contributed by atoms with Gasteiger partial charge in [-0.2, -0.15) is 0 Å². The molecule has 7 aromatic rings. The SMILES string of the molecule is O=P(c1ccccc1)(c1ccccc1)c1c(O)c(O)c(O)c(N(c2c(O)c(O)c(-c3c(O)c(O)c(O)c(O)c3O)c(O)c2O)c2c(O)c(O)c(-c3c(O)c(O)c(O)c(O)c3O)c(O)c2O)c1O. The highest BCUT2D eigenvalue weighted by molar-refractivity contribution is 7.85. The predicted molar refractivity (Wildman–Crippen MR) is 228 cm³/mol. The molecule has 0 bridgehead atoms. The lowest BCUT2D eigenvalue weighted by atomic mass is 9.95. The first-order valence-corrected chi connectivity index (χ1v) is 20.0. The molecular weight excluding hydrogens is 917 g/mol. The first-order chi connectivity index (χ1) is 31.4. The van der Waals surface area contributed by atoms with E-state index in [4.69, 9.17) is 0 Å². The molecule has 348 valence electrons. The van der Waals surface area contributed by atoms with Crippen LogP contribution in [0.25, 0.3) is 22.3 Å². The van der Waals surface area contributed by atoms with E-state index in [0.29, 0.717) is 0 Å². The highest BCUT2D eigenvalue weighted by Crippen LogP contribution is 2.70. The topological polar surface area (TPSA) is 465 Å². The number of aromatic hydroxyl groups is 22. The van der Waals surface area contributed by atoms with E-state index in [1.807, 2.05) is 0 Å². The fourth-order valence-corrected chi connectivity index (χ4v) is 10.1. The van der Waals surface area contributed by atoms with Crippen LogP contribution in [0, 0.1) is 0 Å². The van der Waals surface area contributed by atoms with Gasteiger partial charge in [0.1, 0.15) is 22.4 Å². The van der Waals surface area contributed by atoms with Crippen LogP contribution < -0.4 is 20.8 Å². The summed E-state index contributed by atoms with van der Waals surface area (Å²) in [7, 11) is -4.87. The van der Waals surface area contributed by atoms with Gasteiger partial charge < -0.3 is 117 Å². The van der Waals surface area contributed by atoms with Gasteiger partial charge in [0.25, 0.3) is 0 Å². The Balaban J connectivity index is 1.71. The van der Waals surface area contributed by atoms with E-state index in [9.17, 15) is 112 Å². The molecule has 0 spiro atoms. The molecule has 0 aliphatic heterocycles. The van der Waals surface area contributed by atoms with Gasteiger partial charge in [-0.15, -0.1) is 0 Å². The summed E-state index contributed by atoms with van der Waals surface area (Å²) in [6, 6.07) is 13.2. The maximum atomic E-state index is 15.6. The number of anilines is 3. The number of phenolic OH excluding ortho intramolecular Hbond substituents is 22. The number of rotatable bonds is 8. The fraction of sp³-hybridized carbons (Fsp3) is 0. The molecule has 0 amide bonds. The van der Waals surface area contributed by atoms with Gasteiger partial charge in [-0.1, -0.05) is 60.7 Å². The largest absolute Gasteiger partial charge is 0.505 e. The second kappa shape index (κ2) is 15.5. The minimum absolute atomic E-state index is 0.231. The molecule has 22 N–H and O–H groups in total. The second-order valence-corrected chi connectivity index (χ2v) is 16.9. The molecule has 0 unspecified atom stereocenters. The van der Waals surface area contributed by atoms with Gasteiger partial charge in [-0.3, -0.25) is 4.90 Å². The summed E-state index contributed by atoms with van der Waals surface area (Å²) in [6.07, 6.45) is 0. The van der Waals surface area contributed by atoms with Crippen LogP contribution in [0.2, 0.25) is 0 Å². The molecular formula is C42H32NO23P. The molecule has 0 atom stereocenters. The van der Waals surface area contributed by atoms with Crippen molar-refractivity contribution in [1.29, 1.82) is 0 Å². The Bertz CT molecular complexity index is 3010. The third kappa shape index (κ3) is 6.12. The zero-order valence-corrected chi connectivity index (χ0v) is 33.8. The molecule has 0 aromatic heterocycles. The smallest absolute Gasteiger partial charge is 0.208 e. The molecule has 25 heteroatoms. The first kappa shape index (κ1) is 45.2. The van der Waals surface area contributed by atoms with Crippen molar-refractivity contribution in [1.82, 2.24) is 0 Å². The van der Waals surface area contributed by atoms with Gasteiger partial charge >= 0.3 is 0 Å². The van der Waals surface area contributed by atoms with Crippen molar-refractivity contribution in [3.05, 3.63) is 60.7 Å². The van der Waals surface area contributed by atoms with Crippen LogP contribution in [0.1, 0.15) is 0 Å². The van der Waals surface area contributed by atoms with Crippen LogP contribution in [0.3, 0.4) is 0 Å². The summed E-state index contributed by atoms with van der Waals surface area (Å²) in [6.45, 7) is 0. The van der Waals surface area contributed by atoms with Crippen LogP contribution in [-0.4, -0.2) is 112 Å². The van der Waals surface area contributed by atoms with Crippen molar-refractivity contribution in [3.8, 4) is 149 Å². The van der Waals surface area contributed by atoms with Gasteiger partial charge in [0.15, 0.2) is 93.4 Å². The van der Waals surface area contributed by atoms with Crippen molar-refractivity contribution in [2.75, 3.05) is 4.90 Å². The van der Waals surface area contributed by atoms with Gasteiger partial charge in [-0.05, 0) is 0 Å². The summed E-state index contributed by atoms with van der Waals surface area (Å²) in [4.78, 5) is -0.299. The Morgan fingerprint density at radius 1 is 0.254 bits per heavy atom. The fourth-order valence-electron chi connectivity index (χ4n) is 7.31. The lowest BCUT2D eigenvalue weighted by Gasteiger charge is -2.32. The molecule has 0 fully saturated rings. The van der Waals surface area contributed by atoms with Gasteiger partial charge in [0, 0.05) is 10.6 Å². The van der Waals surface area contributed by atoms with E-state index in [-0.39, 0.29) is 15.5 Å². The third-order valence-electron chi connectivity index (χ3n) is 10.6. The summed E-state index contributed by atoms with van der Waals surface area (Å²) in [5, 5.41) is 241. The second-order valence-electron chi connectivity index (χ2n) is 14.2. The maximum absolute atomic E-state index is 15.6. The van der Waals surface area contributed by atoms with Crippen LogP contribution in [0.5, 0.6) is 126 Å². The summed E-state index contributed by atoms with van der Waals surface area (Å²) >= 11 is 0. The normalized spacial score (nSPS) is 11.5. The minimum Gasteiger partial charge on any atom is -0.505 e. The van der Waals surface area contributed by atoms with Crippen LogP contribution in [-0.2, 0) is 4.57 Å². The van der Waals surface area contributed by atoms with E-state index < -0.39 is 178 Å². The summed E-state index contributed by atoms with van der Waals surface area (Å²) in [5.41, 5.74) is -11.3. The van der Waals surface area contributed by atoms with Crippen molar-refractivity contribution in [2.45, 2.75) is 0 Å². The highest BCUT2D eigenvalue weighted by atomic mass is 31.2. The lowest BCUT2D eigenvalue weighted by molar-refractivity contribution is 0.329. The molecule has 0 heterocycles. The van der Waals surface area contributed by atoms with E-state index in [0.717, 1.165) is 0 Å². The molecule has 0 aliphatic rings. The standard InChI is InChI=1S/C42H32NO23P/c44-20-13(15-24(48)34(58)39(63)35(59)25(15)49)21(45)29(53)17(28(20)52)43(18-30(54)22(46)14(23(47)31(18)55)16-26(50)36(60)40(64)37(61)27(16)51)19-32(56)38(62)41(65)42(33(19)57)67(66,11-7-3-1-4-8-11)12-9-5-2-6-10-12/h1-10,44-65H. The predicted octanol–water partition coefficient (Wildman–Crippen LogP) is 3.65. The molecule has 0 aliphatic carbocycles. The van der Waals surface area contributed by atoms with Crippen LogP contribution >= 0.6 is 7.14 Å². The van der Waals surface area contributed by atoms with Crippen LogP contribution in [0.4, 0.5) is 17.1 Å². The molecule has 0 saturated carbocycles. The molecule has 7 aromatic carbocycles. The van der Waals surface area contributed by atoms with Crippen molar-refractivity contribution in [2.24, 2.45) is 0 Å². The molecule has 0 radical (unpaired) electrons. The van der Waals surface area contributed by atoms with Crippen molar-refractivity contribution in [3.63, 3.8) is 0 Å². The number of nitrogens with zero attached hydrogens (tertiary/aromatic N) is 1. The number of hydrogen-bond acceptors (Lipinski definition) is 24. The van der Waals surface area contributed by atoms with Gasteiger partial charge in [0.05, 0.1) is 22.3 Å². The Morgan fingerprint density at radius 3 is 0.746 bits per heavy atom. The first-order valence-electron chi connectivity index (χ1n) is 18.3. The average molecular weight is 950 g/mol. The zero-order chi connectivity index (χ0) is 49.6. The maximum Gasteiger partial charge on any atom is 0.208 e. The molecule has 67 heavy (non-hydrogen) atoms. The number of phenols is 22. The molecule has 24 nitrogen and oxygen atoms in total. The number of hydrogen-bond donors (Lipinski definition) is 22. The Morgan fingerprint density at radius 2 is 0.463 bits per heavy atom. The molecule has 0 saturated heterocycles. The van der Waals surface area contributed by atoms with Crippen molar-refractivity contribution >= 4 is 40.1 Å². The Labute approximate surface area is 370 Å². The minimum atomic E-state index is -4.87. The zero-order valence-electron chi connectivity index (χ0n) is 32.9. The Hall–Kier alpha value is -9.83. The van der Waals surface area contributed by atoms with E-state index >= 15 is 4.57 Å². The Kier molecular flexibility index (Phi) is 10.4. The average Bonchev–Trinajstić information content (AvgIpc) is 3.32. The highest BCUT2D eigenvalue weighted by Gasteiger charge is 2.45. The van der Waals surface area contributed by atoms with E-state index in [1.54, 1.807) is 0 Å². The molecule has 7 rings (SSSR count). The van der Waals surface area contributed by atoms with Crippen molar-refractivity contribution < 1.29 is 117 Å². The summed E-state index contributed by atoms with van der Waals surface area (Å²) < 4.78 is 15.6. The lowest BCUT2D eigenvalue weighted by Crippen LogP contribution is -2.26. The monoisotopic (exact) mass is 949 g/mol. The number of benzene rings is 7. The van der Waals surface area contributed by atoms with Crippen LogP contribution in [0.15, 0.2) is 60.7 Å².